The van der Waals surface area contributed by atoms with Crippen LogP contribution in [0.3, 0.4) is 0 Å². The molecule has 4 aromatic carbocycles. The molecule has 0 atom stereocenters. The minimum absolute atomic E-state index is 0.171. The van der Waals surface area contributed by atoms with Gasteiger partial charge >= 0.3 is 0 Å². The maximum atomic E-state index is 15.9. The number of unbranched alkanes of at least 4 members (excludes halogenated alkanes) is 1. The van der Waals surface area contributed by atoms with E-state index in [1.807, 2.05) is 26.2 Å². The van der Waals surface area contributed by atoms with Crippen molar-refractivity contribution in [2.45, 2.75) is 19.3 Å². The van der Waals surface area contributed by atoms with Gasteiger partial charge in [0.25, 0.3) is 5.91 Å². The van der Waals surface area contributed by atoms with Crippen LogP contribution < -0.4 is 10.6 Å². The van der Waals surface area contributed by atoms with Crippen molar-refractivity contribution < 1.29 is 19.0 Å². The number of morpholine rings is 1. The summed E-state index contributed by atoms with van der Waals surface area (Å²) in [6.45, 7) is 5.99. The van der Waals surface area contributed by atoms with Crippen LogP contribution in [0.4, 0.5) is 10.1 Å². The summed E-state index contributed by atoms with van der Waals surface area (Å²) in [5.41, 5.74) is 4.41. The SMILES string of the molecule is CN(C)CCCCNC(=O)c1cc2c3c(c(NCCN4CCOCC4)c(F)cc3c1O)Cc1c-2ccc2ccccc12. The molecule has 42 heavy (non-hydrogen) atoms. The van der Waals surface area contributed by atoms with Gasteiger partial charge in [-0.25, -0.2) is 4.39 Å². The van der Waals surface area contributed by atoms with E-state index in [9.17, 15) is 9.90 Å². The predicted octanol–water partition coefficient (Wildman–Crippen LogP) is 5.22. The van der Waals surface area contributed by atoms with Crippen LogP contribution in [0, 0.1) is 5.82 Å². The summed E-state index contributed by atoms with van der Waals surface area (Å²) in [6, 6.07) is 15.6. The second-order valence-corrected chi connectivity index (χ2v) is 11.6. The number of rotatable bonds is 10. The summed E-state index contributed by atoms with van der Waals surface area (Å²) in [5.74, 6) is -0.951. The first-order valence-corrected chi connectivity index (χ1v) is 14.9. The number of nitrogens with one attached hydrogen (secondary N) is 2. The highest BCUT2D eigenvalue weighted by molar-refractivity contribution is 6.14. The average Bonchev–Trinajstić information content (AvgIpc) is 2.99. The van der Waals surface area contributed by atoms with Crippen molar-refractivity contribution in [2.75, 3.05) is 71.9 Å². The Bertz CT molecular complexity index is 1630. The van der Waals surface area contributed by atoms with Gasteiger partial charge in [0.2, 0.25) is 0 Å². The number of anilines is 1. The van der Waals surface area contributed by atoms with Crippen LogP contribution in [-0.2, 0) is 11.2 Å². The van der Waals surface area contributed by atoms with Crippen LogP contribution in [0.15, 0.2) is 48.5 Å². The van der Waals surface area contributed by atoms with Crippen LogP contribution in [0.1, 0.15) is 34.3 Å². The van der Waals surface area contributed by atoms with E-state index in [0.717, 1.165) is 77.4 Å². The summed E-state index contributed by atoms with van der Waals surface area (Å²) in [6.07, 6.45) is 2.31. The van der Waals surface area contributed by atoms with E-state index in [4.69, 9.17) is 4.74 Å². The summed E-state index contributed by atoms with van der Waals surface area (Å²) in [7, 11) is 4.05. The zero-order valence-electron chi connectivity index (χ0n) is 24.4. The molecule has 1 heterocycles. The standard InChI is InChI=1S/C34H39FN4O3/c1-38(2)13-6-5-11-37-34(41)29-20-26-24-10-9-22-7-3-4-8-23(22)25(24)19-27-31(26)28(33(29)40)21-30(35)32(27)36-12-14-39-15-17-42-18-16-39/h3-4,7-10,20-21,36,40H,5-6,11-19H2,1-2H3,(H,37,41). The topological polar surface area (TPSA) is 77.1 Å². The van der Waals surface area contributed by atoms with Crippen LogP contribution in [-0.4, -0.2) is 87.4 Å². The van der Waals surface area contributed by atoms with Gasteiger partial charge in [0.15, 0.2) is 0 Å². The number of fused-ring (bicyclic) bond motifs is 4. The third-order valence-corrected chi connectivity index (χ3v) is 8.53. The van der Waals surface area contributed by atoms with Gasteiger partial charge < -0.3 is 25.4 Å². The minimum Gasteiger partial charge on any atom is -0.506 e. The van der Waals surface area contributed by atoms with E-state index >= 15 is 4.39 Å². The van der Waals surface area contributed by atoms with Crippen LogP contribution >= 0.6 is 0 Å². The lowest BCUT2D eigenvalue weighted by molar-refractivity contribution is 0.0398. The number of hydrogen-bond acceptors (Lipinski definition) is 6. The van der Waals surface area contributed by atoms with E-state index in [-0.39, 0.29) is 17.2 Å². The molecule has 1 fully saturated rings. The molecule has 4 aromatic rings. The van der Waals surface area contributed by atoms with Crippen LogP contribution in [0.2, 0.25) is 0 Å². The maximum Gasteiger partial charge on any atom is 0.255 e. The number of carbonyl (C=O) groups is 1. The number of nitrogens with zero attached hydrogens (tertiary/aromatic N) is 2. The maximum absolute atomic E-state index is 15.9. The number of carbonyl (C=O) groups excluding carboxylic acids is 1. The fraction of sp³-hybridized carbons (Fsp3) is 0.382. The fourth-order valence-electron chi connectivity index (χ4n) is 6.35. The molecule has 0 spiro atoms. The first-order valence-electron chi connectivity index (χ1n) is 14.9. The molecule has 220 valence electrons. The van der Waals surface area contributed by atoms with Crippen molar-refractivity contribution in [3.05, 3.63) is 71.0 Å². The highest BCUT2D eigenvalue weighted by Crippen LogP contribution is 2.48. The smallest absolute Gasteiger partial charge is 0.255 e. The van der Waals surface area contributed by atoms with E-state index in [1.165, 1.54) is 6.07 Å². The van der Waals surface area contributed by atoms with Gasteiger partial charge in [0.05, 0.1) is 24.5 Å². The molecule has 0 radical (unpaired) electrons. The zero-order chi connectivity index (χ0) is 29.2. The van der Waals surface area contributed by atoms with Gasteiger partial charge in [-0.2, -0.15) is 0 Å². The summed E-state index contributed by atoms with van der Waals surface area (Å²) < 4.78 is 21.4. The second kappa shape index (κ2) is 12.3. The van der Waals surface area contributed by atoms with Crippen LogP contribution in [0.25, 0.3) is 32.7 Å². The zero-order valence-corrected chi connectivity index (χ0v) is 24.4. The second-order valence-electron chi connectivity index (χ2n) is 11.6. The number of ether oxygens (including phenoxy) is 1. The number of phenolic OH excluding ortho intramolecular Hbond substituents is 1. The van der Waals surface area contributed by atoms with E-state index < -0.39 is 5.82 Å². The van der Waals surface area contributed by atoms with Gasteiger partial charge in [-0.15, -0.1) is 0 Å². The minimum atomic E-state index is -0.425. The number of benzene rings is 4. The molecule has 0 aromatic heterocycles. The Morgan fingerprint density at radius 2 is 1.81 bits per heavy atom. The first kappa shape index (κ1) is 28.4. The van der Waals surface area contributed by atoms with Crippen molar-refractivity contribution in [2.24, 2.45) is 0 Å². The highest BCUT2D eigenvalue weighted by Gasteiger charge is 2.29. The van der Waals surface area contributed by atoms with Crippen molar-refractivity contribution in [3.63, 3.8) is 0 Å². The van der Waals surface area contributed by atoms with Gasteiger partial charge in [0, 0.05) is 44.5 Å². The summed E-state index contributed by atoms with van der Waals surface area (Å²) in [5, 5.41) is 21.1. The fourth-order valence-corrected chi connectivity index (χ4v) is 6.35. The third kappa shape index (κ3) is 5.54. The molecular weight excluding hydrogens is 531 g/mol. The molecule has 3 N–H and O–H groups in total. The Balaban J connectivity index is 1.41. The molecule has 8 heteroatoms. The monoisotopic (exact) mass is 570 g/mol. The first-order chi connectivity index (χ1) is 20.4. The Morgan fingerprint density at radius 1 is 1.00 bits per heavy atom. The highest BCUT2D eigenvalue weighted by atomic mass is 19.1. The predicted molar refractivity (Wildman–Crippen MR) is 167 cm³/mol. The number of amides is 1. The molecule has 1 amide bonds. The molecule has 1 saturated heterocycles. The number of aromatic hydroxyl groups is 1. The van der Waals surface area contributed by atoms with Crippen molar-refractivity contribution in [1.29, 1.82) is 0 Å². The Labute approximate surface area is 246 Å². The lowest BCUT2D eigenvalue weighted by Crippen LogP contribution is -2.39. The molecule has 1 aliphatic heterocycles. The Hall–Kier alpha value is -3.72. The third-order valence-electron chi connectivity index (χ3n) is 8.53. The van der Waals surface area contributed by atoms with Gasteiger partial charge in [-0.3, -0.25) is 9.69 Å². The van der Waals surface area contributed by atoms with E-state index in [2.05, 4.69) is 44.7 Å². The molecule has 6 rings (SSSR count). The molecule has 0 unspecified atom stereocenters. The normalized spacial score (nSPS) is 14.9. The van der Waals surface area contributed by atoms with Crippen molar-refractivity contribution >= 4 is 33.1 Å². The van der Waals surface area contributed by atoms with Crippen LogP contribution in [0.5, 0.6) is 5.75 Å². The Kier molecular flexibility index (Phi) is 8.29. The molecule has 0 bridgehead atoms. The number of halogens is 1. The number of phenols is 1. The Morgan fingerprint density at radius 3 is 2.62 bits per heavy atom. The quantitative estimate of drug-likeness (QED) is 0.200. The van der Waals surface area contributed by atoms with Crippen molar-refractivity contribution in [1.82, 2.24) is 15.1 Å². The molecular formula is C34H39FN4O3. The molecule has 1 aliphatic carbocycles. The van der Waals surface area contributed by atoms with Gasteiger partial charge in [0.1, 0.15) is 11.6 Å². The van der Waals surface area contributed by atoms with Crippen molar-refractivity contribution in [3.8, 4) is 16.9 Å². The lowest BCUT2D eigenvalue weighted by atomic mass is 9.79. The van der Waals surface area contributed by atoms with Gasteiger partial charge in [-0.1, -0.05) is 36.4 Å². The lowest BCUT2D eigenvalue weighted by Gasteiger charge is -2.28. The summed E-state index contributed by atoms with van der Waals surface area (Å²) >= 11 is 0. The van der Waals surface area contributed by atoms with E-state index in [1.54, 1.807) is 6.07 Å². The summed E-state index contributed by atoms with van der Waals surface area (Å²) in [4.78, 5) is 17.8. The molecule has 0 saturated carbocycles. The average molecular weight is 571 g/mol. The molecule has 2 aliphatic rings. The van der Waals surface area contributed by atoms with E-state index in [0.29, 0.717) is 43.8 Å². The number of hydrogen-bond donors (Lipinski definition) is 3. The van der Waals surface area contributed by atoms with Gasteiger partial charge in [-0.05, 0) is 84.0 Å². The molecule has 7 nitrogen and oxygen atoms in total. The largest absolute Gasteiger partial charge is 0.506 e.